The van der Waals surface area contributed by atoms with Crippen molar-refractivity contribution < 1.29 is 42.8 Å². The minimum Gasteiger partial charge on any atom is -1.00 e. The van der Waals surface area contributed by atoms with Gasteiger partial charge < -0.3 is 38.2 Å². The molecular weight excluding hydrogens is 649 g/mol. The maximum absolute atomic E-state index is 5.26. The van der Waals surface area contributed by atoms with E-state index in [0.29, 0.717) is 0 Å². The summed E-state index contributed by atoms with van der Waals surface area (Å²) >= 11 is 0. The van der Waals surface area contributed by atoms with Crippen LogP contribution in [0, 0.1) is 0 Å². The van der Waals surface area contributed by atoms with Crippen LogP contribution in [0.5, 0.6) is 17.2 Å². The van der Waals surface area contributed by atoms with Crippen LogP contribution in [0.1, 0.15) is 61.1 Å². The molecule has 3 aliphatic rings. The number of hydrogen-bond acceptors (Lipinski definition) is 5. The van der Waals surface area contributed by atoms with E-state index in [2.05, 4.69) is 98.7 Å². The minimum atomic E-state index is 0. The summed E-state index contributed by atoms with van der Waals surface area (Å²) in [6.45, 7) is 11.9. The first kappa shape index (κ1) is 34.6. The summed E-state index contributed by atoms with van der Waals surface area (Å²) in [5.74, 6) is 2.86. The van der Waals surface area contributed by atoms with E-state index >= 15 is 0 Å². The topological polar surface area (TPSA) is 46.3 Å². The second kappa shape index (κ2) is 15.2. The highest BCUT2D eigenvalue weighted by Gasteiger charge is 2.31. The molecule has 0 aromatic heterocycles. The zero-order valence-electron chi connectivity index (χ0n) is 27.4. The quantitative estimate of drug-likeness (QED) is 0.312. The summed E-state index contributed by atoms with van der Waals surface area (Å²) in [4.78, 5) is 6.81. The molecule has 6 nitrogen and oxygen atoms in total. The zero-order chi connectivity index (χ0) is 30.4. The van der Waals surface area contributed by atoms with Crippen molar-refractivity contribution in [1.82, 2.24) is 4.90 Å². The number of fused-ring (bicyclic) bond motifs is 3. The van der Waals surface area contributed by atoms with E-state index < -0.39 is 0 Å². The fourth-order valence-corrected chi connectivity index (χ4v) is 5.88. The van der Waals surface area contributed by atoms with Crippen molar-refractivity contribution in [1.29, 1.82) is 0 Å². The van der Waals surface area contributed by atoms with Gasteiger partial charge in [0.2, 0.25) is 0 Å². The average Bonchev–Trinajstić information content (AvgIpc) is 3.01. The molecule has 3 aromatic rings. The van der Waals surface area contributed by atoms with Crippen molar-refractivity contribution in [3.8, 4) is 17.2 Å². The van der Waals surface area contributed by atoms with E-state index in [9.17, 15) is 0 Å². The molecule has 0 aliphatic carbocycles. The Morgan fingerprint density at radius 3 is 1.88 bits per heavy atom. The van der Waals surface area contributed by atoms with Gasteiger partial charge in [-0.2, -0.15) is 0 Å². The van der Waals surface area contributed by atoms with Gasteiger partial charge in [-0.15, -0.1) is 0 Å². The van der Waals surface area contributed by atoms with Gasteiger partial charge in [-0.1, -0.05) is 6.07 Å². The smallest absolute Gasteiger partial charge is 0.180 e. The Kier molecular flexibility index (Phi) is 12.2. The van der Waals surface area contributed by atoms with Crippen molar-refractivity contribution in [2.24, 2.45) is 4.99 Å². The van der Waals surface area contributed by atoms with E-state index in [4.69, 9.17) is 14.2 Å². The Labute approximate surface area is 275 Å². The van der Waals surface area contributed by atoms with Crippen LogP contribution in [0.25, 0.3) is 0 Å². The van der Waals surface area contributed by atoms with Gasteiger partial charge >= 0.3 is 0 Å². The SMILES string of the molecule is COc1ccc2c(c1)CCN(C)C2(C)C.COc1ccc2c(c1)CCN=C2C.COc1ccc2c(c1)CC[N+](C)=C2C.[I-]. The maximum Gasteiger partial charge on any atom is 0.180 e. The van der Waals surface area contributed by atoms with E-state index in [0.717, 1.165) is 61.9 Å². The van der Waals surface area contributed by atoms with Crippen LogP contribution in [0.15, 0.2) is 59.6 Å². The fraction of sp³-hybridized carbons (Fsp3) is 0.444. The third kappa shape index (κ3) is 7.98. The lowest BCUT2D eigenvalue weighted by Crippen LogP contribution is -3.00. The number of ether oxygens (including phenoxy) is 3. The van der Waals surface area contributed by atoms with Crippen molar-refractivity contribution >= 4 is 11.4 Å². The molecule has 7 heteroatoms. The standard InChI is InChI=1S/C13H19NO.C12H16NO.C11H13NO.HI/c1-13(2)12-6-5-11(15-4)9-10(12)7-8-14(13)3;1-9-12-5-4-11(14-3)8-10(12)6-7-13(9)2;1-8-11-4-3-10(13-2)7-9(11)5-6-12-8;/h5-6,9H,7-8H2,1-4H3;4-5,8H,6-7H2,1-3H3;3-4,7H,5-6H2,1-2H3;1H/q;+1;;/p-1. The highest BCUT2D eigenvalue weighted by atomic mass is 127. The summed E-state index contributed by atoms with van der Waals surface area (Å²) in [5.41, 5.74) is 10.9. The normalized spacial score (nSPS) is 16.3. The first-order chi connectivity index (χ1) is 20.1. The number of methoxy groups -OCH3 is 3. The van der Waals surface area contributed by atoms with E-state index in [1.54, 1.807) is 21.3 Å². The summed E-state index contributed by atoms with van der Waals surface area (Å²) in [7, 11) is 9.47. The molecule has 0 N–H and O–H groups in total. The van der Waals surface area contributed by atoms with Gasteiger partial charge in [0, 0.05) is 43.2 Å². The molecule has 0 amide bonds. The number of halogens is 1. The van der Waals surface area contributed by atoms with Crippen molar-refractivity contribution in [2.45, 2.75) is 52.5 Å². The molecule has 232 valence electrons. The van der Waals surface area contributed by atoms with Gasteiger partial charge in [0.25, 0.3) is 0 Å². The van der Waals surface area contributed by atoms with Crippen LogP contribution in [-0.4, -0.2) is 76.0 Å². The Bertz CT molecular complexity index is 1480. The Balaban J connectivity index is 0.000000175. The molecule has 6 rings (SSSR count). The summed E-state index contributed by atoms with van der Waals surface area (Å²) < 4.78 is 18.0. The highest BCUT2D eigenvalue weighted by Crippen LogP contribution is 2.35. The second-order valence-corrected chi connectivity index (χ2v) is 11.8. The Morgan fingerprint density at radius 1 is 0.744 bits per heavy atom. The minimum absolute atomic E-state index is 0. The van der Waals surface area contributed by atoms with Crippen LogP contribution >= 0.6 is 0 Å². The monoisotopic (exact) mass is 697 g/mol. The Morgan fingerprint density at radius 2 is 1.28 bits per heavy atom. The molecule has 0 atom stereocenters. The van der Waals surface area contributed by atoms with E-state index in [1.807, 2.05) is 12.1 Å². The van der Waals surface area contributed by atoms with Gasteiger partial charge in [-0.25, -0.2) is 4.58 Å². The number of nitrogens with zero attached hydrogens (tertiary/aromatic N) is 3. The predicted molar refractivity (Wildman–Crippen MR) is 174 cm³/mol. The number of benzene rings is 3. The maximum atomic E-state index is 5.26. The average molecular weight is 698 g/mol. The largest absolute Gasteiger partial charge is 1.00 e. The van der Waals surface area contributed by atoms with Crippen molar-refractivity contribution in [2.75, 3.05) is 55.1 Å². The zero-order valence-corrected chi connectivity index (χ0v) is 29.5. The molecular formula is C36H48IN3O3. The first-order valence-corrected chi connectivity index (χ1v) is 14.9. The predicted octanol–water partition coefficient (Wildman–Crippen LogP) is 3.19. The molecule has 0 saturated carbocycles. The van der Waals surface area contributed by atoms with Crippen molar-refractivity contribution in [3.63, 3.8) is 0 Å². The molecule has 43 heavy (non-hydrogen) atoms. The first-order valence-electron chi connectivity index (χ1n) is 14.9. The van der Waals surface area contributed by atoms with Gasteiger partial charge in [0.05, 0.1) is 21.3 Å². The molecule has 3 aromatic carbocycles. The van der Waals surface area contributed by atoms with Crippen LogP contribution in [0.4, 0.5) is 0 Å². The van der Waals surface area contributed by atoms with Gasteiger partial charge in [-0.05, 0) is 117 Å². The van der Waals surface area contributed by atoms with Crippen LogP contribution in [-0.2, 0) is 24.8 Å². The van der Waals surface area contributed by atoms with Crippen LogP contribution in [0.2, 0.25) is 0 Å². The summed E-state index contributed by atoms with van der Waals surface area (Å²) in [6, 6.07) is 18.9. The van der Waals surface area contributed by atoms with Crippen molar-refractivity contribution in [3.05, 3.63) is 88.0 Å². The van der Waals surface area contributed by atoms with Crippen LogP contribution < -0.4 is 38.2 Å². The van der Waals surface area contributed by atoms with Gasteiger partial charge in [0.1, 0.15) is 30.8 Å². The second-order valence-electron chi connectivity index (χ2n) is 11.8. The highest BCUT2D eigenvalue weighted by molar-refractivity contribution is 6.00. The lowest BCUT2D eigenvalue weighted by atomic mass is 9.84. The fourth-order valence-electron chi connectivity index (χ4n) is 5.88. The molecule has 0 fully saturated rings. The molecule has 3 heterocycles. The summed E-state index contributed by atoms with van der Waals surface area (Å²) in [5, 5.41) is 0. The number of likely N-dealkylation sites (N-methyl/N-ethyl adjacent to an activating group) is 2. The van der Waals surface area contributed by atoms with Gasteiger partial charge in [-0.3, -0.25) is 9.89 Å². The number of aliphatic imine (C=N–C) groups is 1. The van der Waals surface area contributed by atoms with E-state index in [-0.39, 0.29) is 29.5 Å². The third-order valence-electron chi connectivity index (χ3n) is 9.07. The molecule has 0 radical (unpaired) electrons. The molecule has 0 spiro atoms. The summed E-state index contributed by atoms with van der Waals surface area (Å²) in [6.07, 6.45) is 3.26. The molecule has 3 aliphatic heterocycles. The lowest BCUT2D eigenvalue weighted by molar-refractivity contribution is -0.498. The number of rotatable bonds is 3. The lowest BCUT2D eigenvalue weighted by Gasteiger charge is -2.41. The Hall–Kier alpha value is -2.91. The molecule has 0 unspecified atom stereocenters. The number of hydrogen-bond donors (Lipinski definition) is 0. The third-order valence-corrected chi connectivity index (χ3v) is 9.07. The van der Waals surface area contributed by atoms with Gasteiger partial charge in [0.15, 0.2) is 5.71 Å². The van der Waals surface area contributed by atoms with Crippen LogP contribution in [0.3, 0.4) is 0 Å². The molecule has 0 bridgehead atoms. The molecule has 0 saturated heterocycles. The van der Waals surface area contributed by atoms with E-state index in [1.165, 1.54) is 39.1 Å².